The Kier molecular flexibility index (Phi) is 7.32. The van der Waals surface area contributed by atoms with Crippen LogP contribution >= 0.6 is 0 Å². The molecule has 1 saturated heterocycles. The number of benzene rings is 1. The van der Waals surface area contributed by atoms with E-state index < -0.39 is 10.0 Å². The Bertz CT molecular complexity index is 918. The third-order valence-electron chi connectivity index (χ3n) is 5.89. The highest BCUT2D eigenvalue weighted by Crippen LogP contribution is 2.27. The number of carbonyl (C=O) groups excluding carboxylic acids is 3. The fourth-order valence-corrected chi connectivity index (χ4v) is 5.20. The van der Waals surface area contributed by atoms with Gasteiger partial charge in [0.25, 0.3) is 0 Å². The Labute approximate surface area is 183 Å². The number of likely N-dealkylation sites (N-methyl/N-ethyl adjacent to an activating group) is 1. The summed E-state index contributed by atoms with van der Waals surface area (Å²) in [5.74, 6) is -0.222. The summed E-state index contributed by atoms with van der Waals surface area (Å²) in [5, 5.41) is 2.58. The van der Waals surface area contributed by atoms with Crippen LogP contribution in [0.4, 0.5) is 5.69 Å². The number of rotatable bonds is 6. The highest BCUT2D eigenvalue weighted by Gasteiger charge is 2.31. The second kappa shape index (κ2) is 9.78. The maximum absolute atomic E-state index is 12.8. The van der Waals surface area contributed by atoms with E-state index in [0.717, 1.165) is 30.0 Å². The molecule has 0 bridgehead atoms. The van der Waals surface area contributed by atoms with Crippen LogP contribution in [0.5, 0.6) is 0 Å². The van der Waals surface area contributed by atoms with Crippen LogP contribution in [0.15, 0.2) is 29.2 Å². The molecule has 1 aromatic rings. The molecule has 0 spiro atoms. The molecule has 1 N–H and O–H groups in total. The van der Waals surface area contributed by atoms with E-state index in [2.05, 4.69) is 5.32 Å². The third kappa shape index (κ3) is 5.62. The predicted octanol–water partition coefficient (Wildman–Crippen LogP) is 1.13. The van der Waals surface area contributed by atoms with Gasteiger partial charge in [0.1, 0.15) is 0 Å². The van der Waals surface area contributed by atoms with Gasteiger partial charge >= 0.3 is 0 Å². The summed E-state index contributed by atoms with van der Waals surface area (Å²) in [6.07, 6.45) is 4.11. The van der Waals surface area contributed by atoms with Gasteiger partial charge < -0.3 is 15.1 Å². The van der Waals surface area contributed by atoms with Gasteiger partial charge in [0, 0.05) is 51.8 Å². The molecule has 170 valence electrons. The van der Waals surface area contributed by atoms with Crippen molar-refractivity contribution in [2.75, 3.05) is 45.1 Å². The van der Waals surface area contributed by atoms with E-state index in [0.29, 0.717) is 31.9 Å². The number of hydrogen-bond donors (Lipinski definition) is 1. The lowest BCUT2D eigenvalue weighted by Crippen LogP contribution is -2.53. The Morgan fingerprint density at radius 1 is 1.00 bits per heavy atom. The number of piperazine rings is 1. The largest absolute Gasteiger partial charge is 0.339 e. The Morgan fingerprint density at radius 3 is 2.10 bits per heavy atom. The predicted molar refractivity (Wildman–Crippen MR) is 116 cm³/mol. The van der Waals surface area contributed by atoms with Gasteiger partial charge in [0.15, 0.2) is 0 Å². The number of nitrogens with one attached hydrogen (secondary N) is 1. The molecule has 31 heavy (non-hydrogen) atoms. The van der Waals surface area contributed by atoms with Gasteiger partial charge in [-0.1, -0.05) is 12.8 Å². The zero-order valence-electron chi connectivity index (χ0n) is 18.0. The Morgan fingerprint density at radius 2 is 1.55 bits per heavy atom. The highest BCUT2D eigenvalue weighted by atomic mass is 32.2. The number of sulfonamides is 1. The van der Waals surface area contributed by atoms with Crippen LogP contribution in [0, 0.1) is 5.92 Å². The second-order valence-electron chi connectivity index (χ2n) is 8.15. The SMILES string of the molecule is CC(=O)Nc1ccc(S(=O)(=O)N(C)CC(=O)N2CCN(C(=O)C3CCCC3)CC2)cc1. The van der Waals surface area contributed by atoms with Crippen molar-refractivity contribution in [3.63, 3.8) is 0 Å². The van der Waals surface area contributed by atoms with Gasteiger partial charge in [-0.3, -0.25) is 14.4 Å². The van der Waals surface area contributed by atoms with Gasteiger partial charge in [-0.15, -0.1) is 0 Å². The van der Waals surface area contributed by atoms with Crippen molar-refractivity contribution < 1.29 is 22.8 Å². The van der Waals surface area contributed by atoms with Crippen molar-refractivity contribution in [3.05, 3.63) is 24.3 Å². The first-order valence-corrected chi connectivity index (χ1v) is 12.0. The van der Waals surface area contributed by atoms with Gasteiger partial charge in [0.05, 0.1) is 11.4 Å². The molecule has 0 aromatic heterocycles. The molecular formula is C21H30N4O5S. The van der Waals surface area contributed by atoms with Crippen LogP contribution in [0.1, 0.15) is 32.6 Å². The van der Waals surface area contributed by atoms with Crippen LogP contribution in [0.25, 0.3) is 0 Å². The normalized spacial score (nSPS) is 17.8. The van der Waals surface area contributed by atoms with Crippen molar-refractivity contribution in [2.45, 2.75) is 37.5 Å². The minimum atomic E-state index is -3.84. The molecular weight excluding hydrogens is 420 g/mol. The van der Waals surface area contributed by atoms with Crippen molar-refractivity contribution >= 4 is 33.4 Å². The number of anilines is 1. The Balaban J connectivity index is 1.53. The minimum absolute atomic E-state index is 0.0453. The lowest BCUT2D eigenvalue weighted by molar-refractivity contribution is -0.142. The van der Waals surface area contributed by atoms with Crippen LogP contribution in [0.3, 0.4) is 0 Å². The lowest BCUT2D eigenvalue weighted by atomic mass is 10.1. The maximum Gasteiger partial charge on any atom is 0.243 e. The number of hydrogen-bond acceptors (Lipinski definition) is 5. The molecule has 1 aliphatic heterocycles. The molecule has 1 aliphatic carbocycles. The summed E-state index contributed by atoms with van der Waals surface area (Å²) in [4.78, 5) is 39.8. The van der Waals surface area contributed by atoms with Gasteiger partial charge in [0.2, 0.25) is 27.7 Å². The summed E-state index contributed by atoms with van der Waals surface area (Å²) in [7, 11) is -2.47. The molecule has 1 saturated carbocycles. The fourth-order valence-electron chi connectivity index (χ4n) is 4.08. The highest BCUT2D eigenvalue weighted by molar-refractivity contribution is 7.89. The van der Waals surface area contributed by atoms with Crippen molar-refractivity contribution in [1.82, 2.24) is 14.1 Å². The molecule has 9 nitrogen and oxygen atoms in total. The summed E-state index contributed by atoms with van der Waals surface area (Å²) < 4.78 is 26.6. The average Bonchev–Trinajstić information content (AvgIpc) is 3.28. The standard InChI is InChI=1S/C21H30N4O5S/c1-16(26)22-18-7-9-19(10-8-18)31(29,30)23(2)15-20(27)24-11-13-25(14-12-24)21(28)17-5-3-4-6-17/h7-10,17H,3-6,11-15H2,1-2H3,(H,22,26). The van der Waals surface area contributed by atoms with E-state index in [4.69, 9.17) is 0 Å². The summed E-state index contributed by atoms with van der Waals surface area (Å²) in [5.41, 5.74) is 0.496. The second-order valence-corrected chi connectivity index (χ2v) is 10.2. The molecule has 3 rings (SSSR count). The van der Waals surface area contributed by atoms with E-state index in [9.17, 15) is 22.8 Å². The third-order valence-corrected chi connectivity index (χ3v) is 7.71. The van der Waals surface area contributed by atoms with Gasteiger partial charge in [-0.2, -0.15) is 4.31 Å². The molecule has 2 aliphatic rings. The first-order chi connectivity index (χ1) is 14.7. The first kappa shape index (κ1) is 23.2. The van der Waals surface area contributed by atoms with Crippen LogP contribution in [-0.2, 0) is 24.4 Å². The van der Waals surface area contributed by atoms with Crippen LogP contribution in [0.2, 0.25) is 0 Å². The van der Waals surface area contributed by atoms with Gasteiger partial charge in [-0.25, -0.2) is 8.42 Å². The quantitative estimate of drug-likeness (QED) is 0.699. The summed E-state index contributed by atoms with van der Waals surface area (Å²) in [6.45, 7) is 2.90. The summed E-state index contributed by atoms with van der Waals surface area (Å²) in [6, 6.07) is 5.80. The van der Waals surface area contributed by atoms with Crippen molar-refractivity contribution in [2.24, 2.45) is 5.92 Å². The van der Waals surface area contributed by atoms with Crippen molar-refractivity contribution in [1.29, 1.82) is 0 Å². The Hall–Kier alpha value is -2.46. The van der Waals surface area contributed by atoms with Crippen LogP contribution in [-0.4, -0.2) is 80.0 Å². The molecule has 0 unspecified atom stereocenters. The zero-order chi connectivity index (χ0) is 22.6. The average molecular weight is 451 g/mol. The molecule has 10 heteroatoms. The molecule has 1 heterocycles. The maximum atomic E-state index is 12.8. The molecule has 0 atom stereocenters. The molecule has 3 amide bonds. The van der Waals surface area contributed by atoms with E-state index in [-0.39, 0.29) is 35.1 Å². The molecule has 0 radical (unpaired) electrons. The molecule has 1 aromatic carbocycles. The smallest absolute Gasteiger partial charge is 0.243 e. The number of amides is 3. The zero-order valence-corrected chi connectivity index (χ0v) is 18.9. The monoisotopic (exact) mass is 450 g/mol. The first-order valence-electron chi connectivity index (χ1n) is 10.6. The number of carbonyl (C=O) groups is 3. The topological polar surface area (TPSA) is 107 Å². The fraction of sp³-hybridized carbons (Fsp3) is 0.571. The van der Waals surface area contributed by atoms with E-state index in [1.165, 1.54) is 38.2 Å². The number of nitrogens with zero attached hydrogens (tertiary/aromatic N) is 3. The van der Waals surface area contributed by atoms with Gasteiger partial charge in [-0.05, 0) is 37.1 Å². The summed E-state index contributed by atoms with van der Waals surface area (Å²) >= 11 is 0. The van der Waals surface area contributed by atoms with E-state index >= 15 is 0 Å². The molecule has 2 fully saturated rings. The van der Waals surface area contributed by atoms with Crippen molar-refractivity contribution in [3.8, 4) is 0 Å². The van der Waals surface area contributed by atoms with Crippen LogP contribution < -0.4 is 5.32 Å². The van der Waals surface area contributed by atoms with E-state index in [1.807, 2.05) is 4.90 Å². The lowest BCUT2D eigenvalue weighted by Gasteiger charge is -2.36. The minimum Gasteiger partial charge on any atom is -0.339 e. The van der Waals surface area contributed by atoms with E-state index in [1.54, 1.807) is 4.90 Å².